The second-order valence-electron chi connectivity index (χ2n) is 10.9. The maximum atomic E-state index is 2.58. The first-order chi connectivity index (χ1) is 12.8. The van der Waals surface area contributed by atoms with Gasteiger partial charge in [0, 0.05) is 0 Å². The third-order valence-corrected chi connectivity index (χ3v) is 8.34. The Bertz CT molecular complexity index is 596. The van der Waals surface area contributed by atoms with E-state index in [1.807, 2.05) is 0 Å². The molecule has 152 valence electrons. The smallest absolute Gasteiger partial charge is 0.0171 e. The second kappa shape index (κ2) is 8.71. The Morgan fingerprint density at radius 2 is 1.52 bits per heavy atom. The Hall–Kier alpha value is -0.780. The first-order valence-electron chi connectivity index (χ1n) is 11.8. The third kappa shape index (κ3) is 4.80. The highest BCUT2D eigenvalue weighted by molar-refractivity contribution is 5.19. The van der Waals surface area contributed by atoms with Crippen LogP contribution in [0.3, 0.4) is 0 Å². The van der Waals surface area contributed by atoms with Crippen molar-refractivity contribution in [3.05, 3.63) is 34.9 Å². The second-order valence-corrected chi connectivity index (χ2v) is 10.9. The average molecular weight is 369 g/mol. The molecular weight excluding hydrogens is 324 g/mol. The summed E-state index contributed by atoms with van der Waals surface area (Å²) in [5, 5.41) is 0. The highest BCUT2D eigenvalue weighted by Gasteiger charge is 2.51. The van der Waals surface area contributed by atoms with Crippen molar-refractivity contribution in [1.29, 1.82) is 0 Å². The molecule has 0 aromatic heterocycles. The van der Waals surface area contributed by atoms with Gasteiger partial charge in [0.15, 0.2) is 0 Å². The lowest BCUT2D eigenvalue weighted by atomic mass is 9.55. The van der Waals surface area contributed by atoms with E-state index in [4.69, 9.17) is 0 Å². The zero-order chi connectivity index (χ0) is 19.6. The molecule has 3 rings (SSSR count). The summed E-state index contributed by atoms with van der Waals surface area (Å²) < 4.78 is 0. The fraction of sp³-hybridized carbons (Fsp3) is 0.778. The number of allylic oxidation sites excluding steroid dienone is 6. The van der Waals surface area contributed by atoms with Gasteiger partial charge in [-0.3, -0.25) is 0 Å². The Kier molecular flexibility index (Phi) is 6.75. The third-order valence-electron chi connectivity index (χ3n) is 8.34. The van der Waals surface area contributed by atoms with Gasteiger partial charge in [-0.1, -0.05) is 61.1 Å². The van der Waals surface area contributed by atoms with Crippen LogP contribution >= 0.6 is 0 Å². The van der Waals surface area contributed by atoms with Gasteiger partial charge in [-0.05, 0) is 108 Å². The number of hydrogen-bond donors (Lipinski definition) is 0. The standard InChI is InChI=1S/C27H44/c1-19(2)11-13-22(6)23-10-8-16-27-15-7-9-21(5)25(17-27)24(26(23)18-27)14-12-20(3)4/h11-13,21,23-26H,7-10,14-18H2,1-6H3/b22-13+. The first-order valence-corrected chi connectivity index (χ1v) is 11.8. The van der Waals surface area contributed by atoms with Gasteiger partial charge in [0.25, 0.3) is 0 Å². The Balaban J connectivity index is 1.98. The Labute approximate surface area is 169 Å². The lowest BCUT2D eigenvalue weighted by molar-refractivity contribution is 0.00794. The summed E-state index contributed by atoms with van der Waals surface area (Å²) in [5.41, 5.74) is 5.28. The maximum Gasteiger partial charge on any atom is -0.0171 e. The molecule has 0 aromatic rings. The van der Waals surface area contributed by atoms with Crippen LogP contribution in [-0.2, 0) is 0 Å². The normalized spacial score (nSPS) is 39.2. The van der Waals surface area contributed by atoms with Crippen molar-refractivity contribution < 1.29 is 0 Å². The van der Waals surface area contributed by atoms with Crippen LogP contribution in [0.25, 0.3) is 0 Å². The lowest BCUT2D eigenvalue weighted by Gasteiger charge is -2.50. The van der Waals surface area contributed by atoms with Crippen molar-refractivity contribution in [1.82, 2.24) is 0 Å². The molecular formula is C27H44. The molecule has 3 bridgehead atoms. The summed E-state index contributed by atoms with van der Waals surface area (Å²) in [6.45, 7) is 14.0. The van der Waals surface area contributed by atoms with E-state index >= 15 is 0 Å². The van der Waals surface area contributed by atoms with Gasteiger partial charge < -0.3 is 0 Å². The molecule has 0 amide bonds. The molecule has 0 aromatic carbocycles. The van der Waals surface area contributed by atoms with Crippen LogP contribution in [-0.4, -0.2) is 0 Å². The molecule has 0 radical (unpaired) electrons. The predicted octanol–water partition coefficient (Wildman–Crippen LogP) is 8.50. The minimum atomic E-state index is 0.688. The molecule has 1 spiro atoms. The predicted molar refractivity (Wildman–Crippen MR) is 120 cm³/mol. The largest absolute Gasteiger partial charge is 0.0856 e. The van der Waals surface area contributed by atoms with Crippen molar-refractivity contribution in [3.63, 3.8) is 0 Å². The van der Waals surface area contributed by atoms with Crippen molar-refractivity contribution in [2.45, 2.75) is 99.3 Å². The molecule has 0 heterocycles. The average Bonchev–Trinajstić information content (AvgIpc) is 2.83. The van der Waals surface area contributed by atoms with E-state index in [0.29, 0.717) is 5.41 Å². The van der Waals surface area contributed by atoms with Crippen LogP contribution in [0.2, 0.25) is 0 Å². The van der Waals surface area contributed by atoms with Crippen LogP contribution in [0.5, 0.6) is 0 Å². The zero-order valence-corrected chi connectivity index (χ0v) is 19.0. The van der Waals surface area contributed by atoms with Crippen molar-refractivity contribution >= 4 is 0 Å². The van der Waals surface area contributed by atoms with Crippen LogP contribution in [0.15, 0.2) is 34.9 Å². The van der Waals surface area contributed by atoms with Gasteiger partial charge in [0.2, 0.25) is 0 Å². The van der Waals surface area contributed by atoms with E-state index in [9.17, 15) is 0 Å². The monoisotopic (exact) mass is 368 g/mol. The van der Waals surface area contributed by atoms with E-state index in [2.05, 4.69) is 59.8 Å². The molecule has 6 atom stereocenters. The molecule has 0 heteroatoms. The molecule has 0 aliphatic heterocycles. The van der Waals surface area contributed by atoms with Crippen LogP contribution < -0.4 is 0 Å². The molecule has 0 saturated heterocycles. The van der Waals surface area contributed by atoms with Gasteiger partial charge in [-0.25, -0.2) is 0 Å². The zero-order valence-electron chi connectivity index (χ0n) is 19.0. The van der Waals surface area contributed by atoms with Gasteiger partial charge in [0.1, 0.15) is 0 Å². The summed E-state index contributed by atoms with van der Waals surface area (Å²) in [4.78, 5) is 0. The van der Waals surface area contributed by atoms with Crippen molar-refractivity contribution in [3.8, 4) is 0 Å². The lowest BCUT2D eigenvalue weighted by Crippen LogP contribution is -2.42. The molecule has 0 N–H and O–H groups in total. The summed E-state index contributed by atoms with van der Waals surface area (Å²) >= 11 is 0. The van der Waals surface area contributed by atoms with Crippen LogP contribution in [0.1, 0.15) is 99.3 Å². The van der Waals surface area contributed by atoms with Crippen LogP contribution in [0, 0.1) is 35.0 Å². The number of rotatable bonds is 4. The molecule has 6 unspecified atom stereocenters. The van der Waals surface area contributed by atoms with E-state index in [-0.39, 0.29) is 0 Å². The SMILES string of the molecule is CC(C)=C/C=C(\C)C1CCCC23CCCC(C)C(C2)C(CC=C(C)C)C1C3. The fourth-order valence-corrected chi connectivity index (χ4v) is 6.93. The number of hydrogen-bond acceptors (Lipinski definition) is 0. The molecule has 27 heavy (non-hydrogen) atoms. The molecule has 3 aliphatic carbocycles. The van der Waals surface area contributed by atoms with Crippen molar-refractivity contribution in [2.75, 3.05) is 0 Å². The van der Waals surface area contributed by atoms with E-state index in [1.54, 1.807) is 5.57 Å². The number of fused-ring (bicyclic) bond motifs is 2. The minimum Gasteiger partial charge on any atom is -0.0856 e. The molecule has 0 nitrogen and oxygen atoms in total. The summed E-state index contributed by atoms with van der Waals surface area (Å²) in [6.07, 6.45) is 20.6. The molecule has 3 aliphatic rings. The van der Waals surface area contributed by atoms with Gasteiger partial charge in [-0.15, -0.1) is 0 Å². The highest BCUT2D eigenvalue weighted by Crippen LogP contribution is 2.61. The van der Waals surface area contributed by atoms with Crippen LogP contribution in [0.4, 0.5) is 0 Å². The summed E-state index contributed by atoms with van der Waals surface area (Å²) in [6, 6.07) is 0. The Morgan fingerprint density at radius 3 is 2.19 bits per heavy atom. The summed E-state index contributed by atoms with van der Waals surface area (Å²) in [7, 11) is 0. The van der Waals surface area contributed by atoms with E-state index in [0.717, 1.165) is 29.6 Å². The molecule has 3 saturated carbocycles. The van der Waals surface area contributed by atoms with Gasteiger partial charge >= 0.3 is 0 Å². The summed E-state index contributed by atoms with van der Waals surface area (Å²) in [5.74, 6) is 4.50. The Morgan fingerprint density at radius 1 is 0.852 bits per heavy atom. The highest BCUT2D eigenvalue weighted by atomic mass is 14.6. The van der Waals surface area contributed by atoms with E-state index < -0.39 is 0 Å². The first kappa shape index (κ1) is 20.9. The minimum absolute atomic E-state index is 0.688. The fourth-order valence-electron chi connectivity index (χ4n) is 6.93. The van der Waals surface area contributed by atoms with Crippen molar-refractivity contribution in [2.24, 2.45) is 35.0 Å². The topological polar surface area (TPSA) is 0 Å². The quantitative estimate of drug-likeness (QED) is 0.344. The maximum absolute atomic E-state index is 2.58. The van der Waals surface area contributed by atoms with Gasteiger partial charge in [0.05, 0.1) is 0 Å². The van der Waals surface area contributed by atoms with E-state index in [1.165, 1.54) is 68.9 Å². The molecule has 3 fully saturated rings. The van der Waals surface area contributed by atoms with Gasteiger partial charge in [-0.2, -0.15) is 0 Å².